The van der Waals surface area contributed by atoms with Crippen LogP contribution in [0.1, 0.15) is 11.3 Å². The van der Waals surface area contributed by atoms with Gasteiger partial charge in [0.05, 0.1) is 12.2 Å². The highest BCUT2D eigenvalue weighted by Gasteiger charge is 2.09. The van der Waals surface area contributed by atoms with E-state index in [-0.39, 0.29) is 18.2 Å². The number of halogens is 2. The zero-order valence-electron chi connectivity index (χ0n) is 9.35. The van der Waals surface area contributed by atoms with Crippen molar-refractivity contribution in [3.05, 3.63) is 58.6 Å². The standard InChI is InChI=1S/C12H11ClFN3O/c13-9-4-3-8(10(14)6-9)7-17-5-1-2-11(17)12(15)16-18/h1-6,18H,7H2,(H2,15,16). The lowest BCUT2D eigenvalue weighted by molar-refractivity contribution is 0.318. The Bertz CT molecular complexity index is 595. The van der Waals surface area contributed by atoms with Crippen molar-refractivity contribution in [3.63, 3.8) is 0 Å². The van der Waals surface area contributed by atoms with E-state index in [1.807, 2.05) is 0 Å². The molecular weight excluding hydrogens is 257 g/mol. The molecule has 0 amide bonds. The highest BCUT2D eigenvalue weighted by Crippen LogP contribution is 2.16. The van der Waals surface area contributed by atoms with Gasteiger partial charge in [0.1, 0.15) is 5.82 Å². The van der Waals surface area contributed by atoms with E-state index >= 15 is 0 Å². The summed E-state index contributed by atoms with van der Waals surface area (Å²) < 4.78 is 15.3. The van der Waals surface area contributed by atoms with Crippen molar-refractivity contribution < 1.29 is 9.60 Å². The average Bonchev–Trinajstić information content (AvgIpc) is 2.80. The Morgan fingerprint density at radius 3 is 2.89 bits per heavy atom. The molecule has 2 aromatic rings. The molecule has 4 nitrogen and oxygen atoms in total. The molecular formula is C12H11ClFN3O. The highest BCUT2D eigenvalue weighted by molar-refractivity contribution is 6.30. The van der Waals surface area contributed by atoms with Gasteiger partial charge in [-0.05, 0) is 24.3 Å². The molecule has 0 bridgehead atoms. The maximum Gasteiger partial charge on any atom is 0.186 e. The van der Waals surface area contributed by atoms with E-state index in [2.05, 4.69) is 5.16 Å². The summed E-state index contributed by atoms with van der Waals surface area (Å²) in [5.74, 6) is -0.406. The van der Waals surface area contributed by atoms with E-state index in [0.29, 0.717) is 16.3 Å². The number of oxime groups is 1. The Balaban J connectivity index is 2.32. The molecule has 0 saturated carbocycles. The first-order chi connectivity index (χ1) is 8.61. The van der Waals surface area contributed by atoms with Gasteiger partial charge in [-0.25, -0.2) is 4.39 Å². The number of amidine groups is 1. The third kappa shape index (κ3) is 2.46. The number of aromatic nitrogens is 1. The van der Waals surface area contributed by atoms with Gasteiger partial charge in [0.15, 0.2) is 5.84 Å². The van der Waals surface area contributed by atoms with Crippen molar-refractivity contribution in [2.45, 2.75) is 6.54 Å². The Hall–Kier alpha value is -2.01. The van der Waals surface area contributed by atoms with Gasteiger partial charge in [0.2, 0.25) is 0 Å². The maximum atomic E-state index is 13.6. The summed E-state index contributed by atoms with van der Waals surface area (Å²) in [7, 11) is 0. The van der Waals surface area contributed by atoms with Gasteiger partial charge in [-0.1, -0.05) is 22.8 Å². The topological polar surface area (TPSA) is 63.5 Å². The van der Waals surface area contributed by atoms with Gasteiger partial charge in [0.25, 0.3) is 0 Å². The molecule has 0 aliphatic rings. The largest absolute Gasteiger partial charge is 0.409 e. The molecule has 1 aromatic heterocycles. The van der Waals surface area contributed by atoms with Crippen LogP contribution in [0.15, 0.2) is 41.7 Å². The zero-order valence-corrected chi connectivity index (χ0v) is 10.1. The normalized spacial score (nSPS) is 11.8. The Labute approximate surface area is 108 Å². The van der Waals surface area contributed by atoms with Gasteiger partial charge in [-0.15, -0.1) is 0 Å². The predicted octanol–water partition coefficient (Wildman–Crippen LogP) is 2.42. The maximum absolute atomic E-state index is 13.6. The van der Waals surface area contributed by atoms with E-state index in [1.165, 1.54) is 6.07 Å². The monoisotopic (exact) mass is 267 g/mol. The van der Waals surface area contributed by atoms with Gasteiger partial charge in [0, 0.05) is 16.8 Å². The molecule has 0 aliphatic heterocycles. The molecule has 2 rings (SSSR count). The van der Waals surface area contributed by atoms with Crippen LogP contribution < -0.4 is 5.73 Å². The first kappa shape index (κ1) is 12.4. The van der Waals surface area contributed by atoms with Gasteiger partial charge < -0.3 is 15.5 Å². The van der Waals surface area contributed by atoms with Crippen LogP contribution in [0, 0.1) is 5.82 Å². The fraction of sp³-hybridized carbons (Fsp3) is 0.0833. The van der Waals surface area contributed by atoms with Crippen LogP contribution in [0.3, 0.4) is 0 Å². The first-order valence-corrected chi connectivity index (χ1v) is 5.56. The quantitative estimate of drug-likeness (QED) is 0.388. The summed E-state index contributed by atoms with van der Waals surface area (Å²) in [6.07, 6.45) is 1.72. The minimum absolute atomic E-state index is 0.0191. The second-order valence-electron chi connectivity index (χ2n) is 3.74. The third-order valence-electron chi connectivity index (χ3n) is 2.56. The van der Waals surface area contributed by atoms with Crippen LogP contribution in [-0.2, 0) is 6.54 Å². The molecule has 0 unspecified atom stereocenters. The molecule has 0 spiro atoms. The van der Waals surface area contributed by atoms with Gasteiger partial charge in [-0.3, -0.25) is 0 Å². The Morgan fingerprint density at radius 2 is 2.22 bits per heavy atom. The summed E-state index contributed by atoms with van der Waals surface area (Å²) in [5.41, 5.74) is 6.51. The van der Waals surface area contributed by atoms with Crippen molar-refractivity contribution in [2.75, 3.05) is 0 Å². The highest BCUT2D eigenvalue weighted by atomic mass is 35.5. The Morgan fingerprint density at radius 1 is 1.44 bits per heavy atom. The fourth-order valence-corrected chi connectivity index (χ4v) is 1.83. The van der Waals surface area contributed by atoms with Crippen LogP contribution in [0.2, 0.25) is 5.02 Å². The van der Waals surface area contributed by atoms with E-state index in [1.54, 1.807) is 35.0 Å². The van der Waals surface area contributed by atoms with Crippen molar-refractivity contribution in [1.82, 2.24) is 4.57 Å². The average molecular weight is 268 g/mol. The number of hydrogen-bond acceptors (Lipinski definition) is 2. The predicted molar refractivity (Wildman–Crippen MR) is 67.5 cm³/mol. The van der Waals surface area contributed by atoms with E-state index in [0.717, 1.165) is 0 Å². The lowest BCUT2D eigenvalue weighted by Gasteiger charge is -2.09. The van der Waals surface area contributed by atoms with Crippen LogP contribution >= 0.6 is 11.6 Å². The van der Waals surface area contributed by atoms with Crippen molar-refractivity contribution in [2.24, 2.45) is 10.9 Å². The number of nitrogens with two attached hydrogens (primary N) is 1. The Kier molecular flexibility index (Phi) is 3.53. The number of rotatable bonds is 3. The second kappa shape index (κ2) is 5.10. The van der Waals surface area contributed by atoms with Crippen LogP contribution in [0.25, 0.3) is 0 Å². The van der Waals surface area contributed by atoms with E-state index in [9.17, 15) is 4.39 Å². The zero-order chi connectivity index (χ0) is 13.1. The van der Waals surface area contributed by atoms with Gasteiger partial charge >= 0.3 is 0 Å². The SMILES string of the molecule is N/C(=N/O)c1cccn1Cc1ccc(Cl)cc1F. The molecule has 1 aromatic carbocycles. The first-order valence-electron chi connectivity index (χ1n) is 5.19. The molecule has 0 radical (unpaired) electrons. The number of benzene rings is 1. The van der Waals surface area contributed by atoms with E-state index < -0.39 is 0 Å². The fourth-order valence-electron chi connectivity index (χ4n) is 1.67. The second-order valence-corrected chi connectivity index (χ2v) is 4.18. The van der Waals surface area contributed by atoms with Crippen LogP contribution in [0.5, 0.6) is 0 Å². The lowest BCUT2D eigenvalue weighted by atomic mass is 10.2. The number of nitrogens with zero attached hydrogens (tertiary/aromatic N) is 2. The lowest BCUT2D eigenvalue weighted by Crippen LogP contribution is -2.18. The van der Waals surface area contributed by atoms with Crippen LogP contribution in [0.4, 0.5) is 4.39 Å². The van der Waals surface area contributed by atoms with Crippen molar-refractivity contribution in [3.8, 4) is 0 Å². The minimum Gasteiger partial charge on any atom is -0.409 e. The molecule has 3 N–H and O–H groups in total. The summed E-state index contributed by atoms with van der Waals surface area (Å²) in [5, 5.41) is 11.9. The van der Waals surface area contributed by atoms with E-state index in [4.69, 9.17) is 22.5 Å². The van der Waals surface area contributed by atoms with Crippen molar-refractivity contribution >= 4 is 17.4 Å². The molecule has 94 valence electrons. The summed E-state index contributed by atoms with van der Waals surface area (Å²) >= 11 is 5.68. The molecule has 18 heavy (non-hydrogen) atoms. The molecule has 1 heterocycles. The molecule has 6 heteroatoms. The number of hydrogen-bond donors (Lipinski definition) is 2. The van der Waals surface area contributed by atoms with Crippen molar-refractivity contribution in [1.29, 1.82) is 0 Å². The summed E-state index contributed by atoms with van der Waals surface area (Å²) in [4.78, 5) is 0. The minimum atomic E-state index is -0.387. The summed E-state index contributed by atoms with van der Waals surface area (Å²) in [6.45, 7) is 0.279. The molecule has 0 fully saturated rings. The smallest absolute Gasteiger partial charge is 0.186 e. The third-order valence-corrected chi connectivity index (χ3v) is 2.79. The molecule has 0 atom stereocenters. The van der Waals surface area contributed by atoms with Crippen LogP contribution in [-0.4, -0.2) is 15.6 Å². The van der Waals surface area contributed by atoms with Gasteiger partial charge in [-0.2, -0.15) is 0 Å². The molecule has 0 saturated heterocycles. The molecule has 0 aliphatic carbocycles. The summed E-state index contributed by atoms with van der Waals surface area (Å²) in [6, 6.07) is 7.90.